The van der Waals surface area contributed by atoms with Crippen molar-refractivity contribution in [1.29, 1.82) is 0 Å². The molecule has 2 atom stereocenters. The molecule has 0 amide bonds. The van der Waals surface area contributed by atoms with Crippen molar-refractivity contribution in [3.05, 3.63) is 35.6 Å². The van der Waals surface area contributed by atoms with Gasteiger partial charge in [-0.15, -0.1) is 24.0 Å². The molecule has 0 radical (unpaired) electrons. The van der Waals surface area contributed by atoms with Crippen LogP contribution < -0.4 is 10.6 Å². The van der Waals surface area contributed by atoms with E-state index < -0.39 is 5.60 Å². The first-order chi connectivity index (χ1) is 11.6. The highest BCUT2D eigenvalue weighted by atomic mass is 127. The van der Waals surface area contributed by atoms with E-state index in [0.29, 0.717) is 18.3 Å². The van der Waals surface area contributed by atoms with Gasteiger partial charge in [0.1, 0.15) is 5.82 Å². The van der Waals surface area contributed by atoms with Crippen LogP contribution in [0.3, 0.4) is 0 Å². The minimum Gasteiger partial charge on any atom is -0.387 e. The molecule has 1 saturated carbocycles. The monoisotopic (exact) mass is 481 g/mol. The second-order valence-electron chi connectivity index (χ2n) is 6.08. The first-order valence-corrected chi connectivity index (χ1v) is 9.73. The van der Waals surface area contributed by atoms with Gasteiger partial charge in [-0.25, -0.2) is 4.39 Å². The number of aliphatic imine (C=N–C) groups is 1. The first kappa shape index (κ1) is 22.5. The van der Waals surface area contributed by atoms with E-state index in [-0.39, 0.29) is 29.8 Å². The van der Waals surface area contributed by atoms with Gasteiger partial charge in [-0.1, -0.05) is 19.1 Å². The molecule has 1 fully saturated rings. The first-order valence-electron chi connectivity index (χ1n) is 8.68. The molecule has 0 aliphatic heterocycles. The van der Waals surface area contributed by atoms with Gasteiger partial charge in [0.25, 0.3) is 0 Å². The van der Waals surface area contributed by atoms with Crippen molar-refractivity contribution >= 4 is 41.7 Å². The van der Waals surface area contributed by atoms with Crippen LogP contribution in [0.25, 0.3) is 0 Å². The topological polar surface area (TPSA) is 56.7 Å². The van der Waals surface area contributed by atoms with Crippen molar-refractivity contribution in [2.75, 3.05) is 25.4 Å². The molecule has 142 valence electrons. The standard InChI is InChI=1S/C18H28FN3OS.HI/c1-3-20-17(21-12-10-14-5-7-15(19)8-6-14)22-13-18(23)11-9-16(18)24-4-2;/h5-8,16,23H,3-4,9-13H2,1-2H3,(H2,20,21,22);1H. The lowest BCUT2D eigenvalue weighted by Gasteiger charge is -2.44. The molecule has 4 nitrogen and oxygen atoms in total. The third-order valence-electron chi connectivity index (χ3n) is 4.28. The highest BCUT2D eigenvalue weighted by molar-refractivity contribution is 14.0. The zero-order valence-electron chi connectivity index (χ0n) is 14.9. The second kappa shape index (κ2) is 11.2. The average Bonchev–Trinajstić information content (AvgIpc) is 2.58. The summed E-state index contributed by atoms with van der Waals surface area (Å²) in [4.78, 5) is 4.56. The number of rotatable bonds is 8. The van der Waals surface area contributed by atoms with Crippen LogP contribution in [0.5, 0.6) is 0 Å². The molecule has 3 N–H and O–H groups in total. The number of hydrogen-bond acceptors (Lipinski definition) is 3. The van der Waals surface area contributed by atoms with Crippen molar-refractivity contribution < 1.29 is 9.50 Å². The Morgan fingerprint density at radius 3 is 2.60 bits per heavy atom. The number of nitrogens with one attached hydrogen (secondary N) is 2. The molecule has 25 heavy (non-hydrogen) atoms. The zero-order valence-corrected chi connectivity index (χ0v) is 18.1. The Labute approximate surface area is 171 Å². The Bertz CT molecular complexity index is 544. The second-order valence-corrected chi connectivity index (χ2v) is 7.56. The SMILES string of the molecule is CCNC(=NCC1(O)CCC1SCC)NCCc1ccc(F)cc1.I. The van der Waals surface area contributed by atoms with E-state index in [9.17, 15) is 9.50 Å². The van der Waals surface area contributed by atoms with Crippen LogP contribution in [0, 0.1) is 5.82 Å². The van der Waals surface area contributed by atoms with Crippen LogP contribution in [0.2, 0.25) is 0 Å². The summed E-state index contributed by atoms with van der Waals surface area (Å²) in [5.41, 5.74) is 0.414. The fraction of sp³-hybridized carbons (Fsp3) is 0.611. The Morgan fingerprint density at radius 1 is 1.32 bits per heavy atom. The van der Waals surface area contributed by atoms with Crippen molar-refractivity contribution in [3.63, 3.8) is 0 Å². The van der Waals surface area contributed by atoms with E-state index in [1.54, 1.807) is 12.1 Å². The molecule has 1 aliphatic rings. The summed E-state index contributed by atoms with van der Waals surface area (Å²) in [6.45, 7) is 6.05. The van der Waals surface area contributed by atoms with Gasteiger partial charge in [-0.2, -0.15) is 11.8 Å². The number of benzene rings is 1. The van der Waals surface area contributed by atoms with E-state index in [4.69, 9.17) is 0 Å². The Hall–Kier alpha value is -0.540. The molecule has 0 aromatic heterocycles. The summed E-state index contributed by atoms with van der Waals surface area (Å²) < 4.78 is 12.9. The molecule has 1 aromatic carbocycles. The van der Waals surface area contributed by atoms with Gasteiger partial charge in [0.05, 0.1) is 12.1 Å². The quantitative estimate of drug-likeness (QED) is 0.303. The number of guanidine groups is 1. The summed E-state index contributed by atoms with van der Waals surface area (Å²) in [5.74, 6) is 1.53. The van der Waals surface area contributed by atoms with Crippen molar-refractivity contribution in [1.82, 2.24) is 10.6 Å². The van der Waals surface area contributed by atoms with E-state index in [2.05, 4.69) is 22.5 Å². The fourth-order valence-corrected chi connectivity index (χ4v) is 3.94. The lowest BCUT2D eigenvalue weighted by Crippen LogP contribution is -2.53. The van der Waals surface area contributed by atoms with Crippen LogP contribution in [-0.4, -0.2) is 47.3 Å². The summed E-state index contributed by atoms with van der Waals surface area (Å²) >= 11 is 1.82. The van der Waals surface area contributed by atoms with Gasteiger partial charge in [0.2, 0.25) is 0 Å². The zero-order chi connectivity index (χ0) is 17.4. The molecule has 2 unspecified atom stereocenters. The van der Waals surface area contributed by atoms with Crippen molar-refractivity contribution in [2.24, 2.45) is 4.99 Å². The molecule has 0 heterocycles. The van der Waals surface area contributed by atoms with Gasteiger partial charge >= 0.3 is 0 Å². The normalized spacial score (nSPS) is 22.7. The molecular formula is C18H29FIN3OS. The van der Waals surface area contributed by atoms with Gasteiger partial charge < -0.3 is 15.7 Å². The minimum absolute atomic E-state index is 0. The Morgan fingerprint density at radius 2 is 2.04 bits per heavy atom. The predicted octanol–water partition coefficient (Wildman–Crippen LogP) is 3.19. The number of nitrogens with zero attached hydrogens (tertiary/aromatic N) is 1. The smallest absolute Gasteiger partial charge is 0.191 e. The summed E-state index contributed by atoms with van der Waals surface area (Å²) in [5, 5.41) is 17.4. The highest BCUT2D eigenvalue weighted by Crippen LogP contribution is 2.41. The van der Waals surface area contributed by atoms with E-state index in [1.165, 1.54) is 12.1 Å². The third kappa shape index (κ3) is 6.94. The highest BCUT2D eigenvalue weighted by Gasteiger charge is 2.45. The van der Waals surface area contributed by atoms with Crippen LogP contribution in [0.4, 0.5) is 4.39 Å². The molecule has 2 rings (SSSR count). The molecular weight excluding hydrogens is 452 g/mol. The van der Waals surface area contributed by atoms with Crippen molar-refractivity contribution in [2.45, 2.75) is 44.0 Å². The fourth-order valence-electron chi connectivity index (χ4n) is 2.75. The lowest BCUT2D eigenvalue weighted by molar-refractivity contribution is -0.0154. The molecule has 0 spiro atoms. The maximum Gasteiger partial charge on any atom is 0.191 e. The minimum atomic E-state index is -0.667. The average molecular weight is 481 g/mol. The lowest BCUT2D eigenvalue weighted by atomic mass is 9.79. The number of aliphatic hydroxyl groups is 1. The largest absolute Gasteiger partial charge is 0.387 e. The maximum absolute atomic E-state index is 12.9. The predicted molar refractivity (Wildman–Crippen MR) is 116 cm³/mol. The molecule has 0 saturated heterocycles. The van der Waals surface area contributed by atoms with Gasteiger partial charge in [-0.3, -0.25) is 4.99 Å². The third-order valence-corrected chi connectivity index (χ3v) is 5.69. The van der Waals surface area contributed by atoms with Crippen LogP contribution in [0.1, 0.15) is 32.3 Å². The van der Waals surface area contributed by atoms with E-state index >= 15 is 0 Å². The summed E-state index contributed by atoms with van der Waals surface area (Å²) in [7, 11) is 0. The molecule has 1 aromatic rings. The molecule has 7 heteroatoms. The van der Waals surface area contributed by atoms with Crippen LogP contribution in [0.15, 0.2) is 29.3 Å². The summed E-state index contributed by atoms with van der Waals surface area (Å²) in [6, 6.07) is 6.55. The Balaban J connectivity index is 0.00000312. The molecule has 0 bridgehead atoms. The van der Waals surface area contributed by atoms with Crippen LogP contribution in [-0.2, 0) is 6.42 Å². The Kier molecular flexibility index (Phi) is 10.1. The van der Waals surface area contributed by atoms with E-state index in [1.807, 2.05) is 18.7 Å². The van der Waals surface area contributed by atoms with Gasteiger partial charge in [0.15, 0.2) is 5.96 Å². The van der Waals surface area contributed by atoms with Gasteiger partial charge in [0, 0.05) is 18.3 Å². The van der Waals surface area contributed by atoms with Crippen molar-refractivity contribution in [3.8, 4) is 0 Å². The number of halogens is 2. The van der Waals surface area contributed by atoms with E-state index in [0.717, 1.165) is 43.1 Å². The van der Waals surface area contributed by atoms with Gasteiger partial charge in [-0.05, 0) is 49.6 Å². The number of thioether (sulfide) groups is 1. The molecule has 1 aliphatic carbocycles. The van der Waals surface area contributed by atoms with Crippen LogP contribution >= 0.6 is 35.7 Å². The summed E-state index contributed by atoms with van der Waals surface area (Å²) in [6.07, 6.45) is 2.69. The maximum atomic E-state index is 12.9. The number of hydrogen-bond donors (Lipinski definition) is 3.